The predicted molar refractivity (Wildman–Crippen MR) is 566 cm³/mol. The van der Waals surface area contributed by atoms with Gasteiger partial charge in [-0.15, -0.1) is 0 Å². The van der Waals surface area contributed by atoms with E-state index in [1.807, 2.05) is 94.4 Å². The first-order valence-corrected chi connectivity index (χ1v) is 55.3. The molecule has 12 aromatic carbocycles. The zero-order valence-corrected chi connectivity index (χ0v) is 88.4. The van der Waals surface area contributed by atoms with Crippen LogP contribution in [0.25, 0.3) is 0 Å². The van der Waals surface area contributed by atoms with Crippen molar-refractivity contribution in [2.45, 2.75) is 104 Å². The first-order chi connectivity index (χ1) is 71.3. The second-order valence-corrected chi connectivity index (χ2v) is 44.4. The lowest BCUT2D eigenvalue weighted by atomic mass is 10.0. The number of fused-ring (bicyclic) bond motifs is 4. The first kappa shape index (κ1) is 113. The normalized spacial score (nSPS) is 13.7. The molecule has 16 rings (SSSR count). The summed E-state index contributed by atoms with van der Waals surface area (Å²) in [7, 11) is -8.65. The van der Waals surface area contributed by atoms with Crippen molar-refractivity contribution < 1.29 is 129 Å². The number of carbonyl (C=O) groups is 4. The quantitative estimate of drug-likeness (QED) is 0.0175. The van der Waals surface area contributed by atoms with Gasteiger partial charge in [0.05, 0.1) is 81.1 Å². The van der Waals surface area contributed by atoms with Crippen LogP contribution in [0.3, 0.4) is 0 Å². The molecule has 0 bridgehead atoms. The topological polar surface area (TPSA) is 441 Å². The third-order valence-corrected chi connectivity index (χ3v) is 29.6. The number of halogens is 4. The molecule has 0 aliphatic carbocycles. The average Bonchev–Trinajstić information content (AvgIpc) is 1.52. The van der Waals surface area contributed by atoms with E-state index in [2.05, 4.69) is 21.3 Å². The van der Waals surface area contributed by atoms with Crippen LogP contribution in [0.5, 0.6) is 46.0 Å². The summed E-state index contributed by atoms with van der Waals surface area (Å²) in [5.41, 5.74) is 14.6. The van der Waals surface area contributed by atoms with Crippen LogP contribution in [0.2, 0.25) is 5.02 Å². The summed E-state index contributed by atoms with van der Waals surface area (Å²) < 4.78 is 185. The molecule has 4 amide bonds. The van der Waals surface area contributed by atoms with E-state index in [4.69, 9.17) is 49.5 Å². The zero-order valence-electron chi connectivity index (χ0n) is 84.4. The van der Waals surface area contributed by atoms with Crippen molar-refractivity contribution in [2.75, 3.05) is 173 Å². The molecule has 150 heavy (non-hydrogen) atoms. The standard InChI is InChI=1S/C28H31FN2O7S.C27H29ClN2O6S.2C27H29FN2O6S/c1-17-10-25-18(11-19(17)16-33)6-7-31(25)28(34)27(24-5-4-20(29)12-26(24)38-9-8-32)30-21-13-22(37-2)15-23(14-21)39(3,35)36;3*1-17-4-5-18-8-9-30(24(18)12-17)27(32)26(23-7-6-19(28)13-25(23)36-11-10-31)29-20-14-21(35-2)16-22(15-20)37(3,33)34/h4-5,10-15,27,30,32-33H,6-9,16H2,1-3H3;3*4-7,12-16,26,29,31H,8-11H2,1-3H3. The molecular weight excluding hydrogens is 2040 g/mol. The number of nitrogens with zero attached hydrogens (tertiary/aromatic N) is 4. The molecule has 796 valence electrons. The molecule has 4 aliphatic rings. The summed E-state index contributed by atoms with van der Waals surface area (Å²) in [6.07, 6.45) is 7.01. The molecule has 41 heteroatoms. The third kappa shape index (κ3) is 27.9. The zero-order chi connectivity index (χ0) is 109. The van der Waals surface area contributed by atoms with Gasteiger partial charge in [0, 0.05) is 166 Å². The fraction of sp³-hybridized carbons (Fsp3) is 0.303. The van der Waals surface area contributed by atoms with Crippen LogP contribution in [0.15, 0.2) is 232 Å². The molecule has 0 saturated carbocycles. The highest BCUT2D eigenvalue weighted by Gasteiger charge is 2.40. The second kappa shape index (κ2) is 49.5. The largest absolute Gasteiger partial charge is 0.497 e. The van der Waals surface area contributed by atoms with E-state index < -0.39 is 81.0 Å². The number of amides is 4. The molecule has 4 unspecified atom stereocenters. The highest BCUT2D eigenvalue weighted by atomic mass is 35.5. The molecule has 0 fully saturated rings. The molecule has 0 radical (unpaired) electrons. The van der Waals surface area contributed by atoms with Gasteiger partial charge in [-0.2, -0.15) is 0 Å². The minimum atomic E-state index is -3.61. The van der Waals surface area contributed by atoms with Gasteiger partial charge in [-0.05, 0) is 225 Å². The minimum absolute atomic E-state index is 0.00918. The van der Waals surface area contributed by atoms with Crippen molar-refractivity contribution in [3.8, 4) is 46.0 Å². The van der Waals surface area contributed by atoms with E-state index >= 15 is 0 Å². The maximum atomic E-state index is 14.2. The lowest BCUT2D eigenvalue weighted by Gasteiger charge is -2.28. The number of sulfone groups is 4. The Hall–Kier alpha value is -14.2. The van der Waals surface area contributed by atoms with E-state index in [1.165, 1.54) is 113 Å². The average molecular weight is 2160 g/mol. The number of ether oxygens (including phenoxy) is 8. The molecule has 4 aliphatic heterocycles. The minimum Gasteiger partial charge on any atom is -0.497 e. The van der Waals surface area contributed by atoms with Crippen molar-refractivity contribution in [3.05, 3.63) is 307 Å². The Balaban J connectivity index is 0.000000167. The van der Waals surface area contributed by atoms with E-state index in [-0.39, 0.29) is 143 Å². The highest BCUT2D eigenvalue weighted by Crippen LogP contribution is 2.45. The molecule has 33 nitrogen and oxygen atoms in total. The Morgan fingerprint density at radius 2 is 0.580 bits per heavy atom. The number of aryl methyl sites for hydroxylation is 4. The fourth-order valence-electron chi connectivity index (χ4n) is 17.6. The van der Waals surface area contributed by atoms with Crippen LogP contribution >= 0.6 is 11.6 Å². The number of hydrogen-bond acceptors (Lipinski definition) is 29. The predicted octanol–water partition coefficient (Wildman–Crippen LogP) is 14.6. The van der Waals surface area contributed by atoms with Crippen LogP contribution in [-0.4, -0.2) is 215 Å². The van der Waals surface area contributed by atoms with Crippen molar-refractivity contribution in [1.29, 1.82) is 0 Å². The Bertz CT molecular complexity index is 7010. The van der Waals surface area contributed by atoms with E-state index in [0.29, 0.717) is 107 Å². The molecule has 0 aromatic heterocycles. The number of anilines is 8. The van der Waals surface area contributed by atoms with Gasteiger partial charge in [0.2, 0.25) is 0 Å². The van der Waals surface area contributed by atoms with Crippen LogP contribution in [0.1, 0.15) is 96.5 Å². The van der Waals surface area contributed by atoms with Gasteiger partial charge in [0.25, 0.3) is 23.6 Å². The Morgan fingerprint density at radius 3 is 0.833 bits per heavy atom. The lowest BCUT2D eigenvalue weighted by molar-refractivity contribution is -0.120. The van der Waals surface area contributed by atoms with Crippen molar-refractivity contribution in [1.82, 2.24) is 0 Å². The van der Waals surface area contributed by atoms with Crippen molar-refractivity contribution >= 4 is 120 Å². The number of aliphatic hydroxyl groups excluding tert-OH is 5. The van der Waals surface area contributed by atoms with Gasteiger partial charge in [0.1, 0.15) is 114 Å². The number of carbonyl (C=O) groups excluding carboxylic acids is 4. The Labute approximate surface area is 874 Å². The number of methoxy groups -OCH3 is 4. The number of rotatable bonds is 37. The number of benzene rings is 12. The van der Waals surface area contributed by atoms with Gasteiger partial charge < -0.3 is 104 Å². The molecule has 0 spiro atoms. The summed E-state index contributed by atoms with van der Waals surface area (Å²) in [6, 6.07) is 51.4. The molecule has 4 atom stereocenters. The summed E-state index contributed by atoms with van der Waals surface area (Å²) in [5.74, 6) is -1.24. The summed E-state index contributed by atoms with van der Waals surface area (Å²) >= 11 is 6.22. The maximum absolute atomic E-state index is 14.2. The van der Waals surface area contributed by atoms with E-state index in [0.717, 1.165) is 117 Å². The summed E-state index contributed by atoms with van der Waals surface area (Å²) in [5, 5.41) is 59.8. The molecular formula is C109H118ClF3N8O25S4. The van der Waals surface area contributed by atoms with Crippen molar-refractivity contribution in [3.63, 3.8) is 0 Å². The van der Waals surface area contributed by atoms with Gasteiger partial charge >= 0.3 is 0 Å². The second-order valence-electron chi connectivity index (χ2n) is 35.9. The lowest BCUT2D eigenvalue weighted by Crippen LogP contribution is -2.37. The van der Waals surface area contributed by atoms with E-state index in [1.54, 1.807) is 62.1 Å². The van der Waals surface area contributed by atoms with Gasteiger partial charge in [-0.1, -0.05) is 60.1 Å². The maximum Gasteiger partial charge on any atom is 0.254 e. The molecule has 12 aromatic rings. The van der Waals surface area contributed by atoms with E-state index in [9.17, 15) is 91.6 Å². The monoisotopic (exact) mass is 2160 g/mol. The van der Waals surface area contributed by atoms with Crippen LogP contribution in [-0.2, 0) is 90.8 Å². The number of aliphatic hydroxyl groups is 5. The van der Waals surface area contributed by atoms with Gasteiger partial charge in [-0.3, -0.25) is 19.2 Å². The molecule has 4 heterocycles. The number of nitrogens with one attached hydrogen (secondary N) is 4. The molecule has 9 N–H and O–H groups in total. The third-order valence-electron chi connectivity index (χ3n) is 25.0. The highest BCUT2D eigenvalue weighted by molar-refractivity contribution is 7.91. The Kier molecular flexibility index (Phi) is 37.3. The fourth-order valence-corrected chi connectivity index (χ4v) is 20.4. The molecule has 0 saturated heterocycles. The van der Waals surface area contributed by atoms with Gasteiger partial charge in [-0.25, -0.2) is 46.8 Å². The summed E-state index contributed by atoms with van der Waals surface area (Å²) in [4.78, 5) is 63.2. The van der Waals surface area contributed by atoms with Crippen LogP contribution < -0.4 is 78.8 Å². The first-order valence-electron chi connectivity index (χ1n) is 47.4. The summed E-state index contributed by atoms with van der Waals surface area (Å²) in [6.45, 7) is 7.96. The van der Waals surface area contributed by atoms with Crippen molar-refractivity contribution in [2.24, 2.45) is 0 Å². The van der Waals surface area contributed by atoms with Crippen LogP contribution in [0.4, 0.5) is 58.7 Å². The smallest absolute Gasteiger partial charge is 0.254 e. The van der Waals surface area contributed by atoms with Gasteiger partial charge in [0.15, 0.2) is 39.3 Å². The number of hydrogen-bond donors (Lipinski definition) is 9. The Morgan fingerprint density at radius 1 is 0.327 bits per heavy atom. The van der Waals surface area contributed by atoms with Crippen LogP contribution in [0, 0.1) is 45.1 Å². The SMILES string of the molecule is COc1cc(NC(C(=O)N2CCc3cc(CO)c(C)cc32)c2ccc(F)cc2OCCO)cc(S(C)(=O)=O)c1.COc1cc(NC(C(=O)N2CCc3ccc(C)cc32)c2ccc(Cl)cc2OCCO)cc(S(C)(=O)=O)c1.COc1cc(NC(C(=O)N2CCc3ccc(C)cc32)c2ccc(F)cc2OCCO)cc(S(C)(=O)=O)c1.COc1cc(NC(C(=O)N2CCc3ccc(C)cc32)c2ccc(F)cc2OCCO)cc(S(C)(=O)=O)c1.